The quantitative estimate of drug-likeness (QED) is 0.253. The van der Waals surface area contributed by atoms with Crippen molar-refractivity contribution in [2.75, 3.05) is 23.5 Å². The number of halogens is 4. The lowest BCUT2D eigenvalue weighted by Gasteiger charge is -2.23. The maximum atomic E-state index is 13.8. The third-order valence-electron chi connectivity index (χ3n) is 6.59. The molecule has 3 aromatic rings. The predicted molar refractivity (Wildman–Crippen MR) is 153 cm³/mol. The Balaban J connectivity index is 1.57. The normalized spacial score (nSPS) is 14.7. The number of pyridine rings is 1. The van der Waals surface area contributed by atoms with Crippen LogP contribution in [-0.2, 0) is 17.5 Å². The number of unbranched alkanes of at least 4 members (excludes halogenated alkanes) is 3. The summed E-state index contributed by atoms with van der Waals surface area (Å²) in [6.45, 7) is 1.80. The van der Waals surface area contributed by atoms with Gasteiger partial charge < -0.3 is 15.7 Å². The number of aliphatic hydroxyl groups is 1. The molecule has 1 atom stereocenters. The summed E-state index contributed by atoms with van der Waals surface area (Å²) in [5.41, 5.74) is 1.19. The third-order valence-corrected chi connectivity index (χ3v) is 6.89. The highest BCUT2D eigenvalue weighted by Gasteiger charge is 2.39. The van der Waals surface area contributed by atoms with Gasteiger partial charge in [0, 0.05) is 25.8 Å². The summed E-state index contributed by atoms with van der Waals surface area (Å²) in [5, 5.41) is 39.6. The van der Waals surface area contributed by atoms with Crippen molar-refractivity contribution in [2.24, 2.45) is 5.10 Å². The fraction of sp³-hybridized carbons (Fsp3) is 0.407. The van der Waals surface area contributed by atoms with Crippen LogP contribution >= 0.6 is 11.6 Å². The van der Waals surface area contributed by atoms with E-state index in [1.54, 1.807) is 13.0 Å². The van der Waals surface area contributed by atoms with Crippen molar-refractivity contribution in [1.82, 2.24) is 30.5 Å². The molecule has 1 aliphatic rings. The van der Waals surface area contributed by atoms with Crippen LogP contribution in [0.25, 0.3) is 0 Å². The molecule has 3 N–H and O–H groups in total. The van der Waals surface area contributed by atoms with Crippen LogP contribution in [0.3, 0.4) is 0 Å². The molecule has 3 heterocycles. The Labute approximate surface area is 254 Å². The van der Waals surface area contributed by atoms with E-state index in [-0.39, 0.29) is 52.9 Å². The molecule has 232 valence electrons. The number of aliphatic hydroxyl groups excluding tert-OH is 1. The SMILES string of the molecule is Cc1cc(C#N)cc(C(=O)NCCCCCCO)c1NC(=O)C1CC(Cn2nnc(C(F)(F)F)n2)=NN1c1ncccc1Cl. The molecule has 0 spiro atoms. The molecule has 1 unspecified atom stereocenters. The van der Waals surface area contributed by atoms with Gasteiger partial charge in [0.05, 0.1) is 33.6 Å². The number of tetrazole rings is 1. The number of hydrazone groups is 1. The minimum absolute atomic E-state index is 0.0632. The van der Waals surface area contributed by atoms with Crippen molar-refractivity contribution in [1.29, 1.82) is 5.26 Å². The monoisotopic (exact) mass is 632 g/mol. The van der Waals surface area contributed by atoms with Gasteiger partial charge in [0.25, 0.3) is 11.7 Å². The van der Waals surface area contributed by atoms with Crippen molar-refractivity contribution in [3.8, 4) is 6.07 Å². The Morgan fingerprint density at radius 3 is 2.68 bits per heavy atom. The van der Waals surface area contributed by atoms with E-state index in [0.29, 0.717) is 24.9 Å². The molecule has 0 bridgehead atoms. The number of alkyl halides is 3. The number of nitrogens with one attached hydrogen (secondary N) is 2. The fourth-order valence-electron chi connectivity index (χ4n) is 4.49. The number of aryl methyl sites for hydroxylation is 1. The van der Waals surface area contributed by atoms with E-state index in [4.69, 9.17) is 16.7 Å². The number of anilines is 2. The van der Waals surface area contributed by atoms with Gasteiger partial charge in [0.2, 0.25) is 5.91 Å². The molecule has 1 aliphatic heterocycles. The minimum atomic E-state index is -4.78. The second kappa shape index (κ2) is 14.2. The fourth-order valence-corrected chi connectivity index (χ4v) is 4.70. The molecule has 44 heavy (non-hydrogen) atoms. The highest BCUT2D eigenvalue weighted by molar-refractivity contribution is 6.33. The molecule has 2 aromatic heterocycles. The second-order valence-electron chi connectivity index (χ2n) is 9.89. The number of nitriles is 1. The molecule has 17 heteroatoms. The van der Waals surface area contributed by atoms with E-state index < -0.39 is 29.9 Å². The Hall–Kier alpha value is -4.62. The zero-order chi connectivity index (χ0) is 31.9. The van der Waals surface area contributed by atoms with Gasteiger partial charge in [0.1, 0.15) is 12.6 Å². The number of amides is 2. The zero-order valence-electron chi connectivity index (χ0n) is 23.5. The highest BCUT2D eigenvalue weighted by Crippen LogP contribution is 2.31. The van der Waals surface area contributed by atoms with Crippen LogP contribution < -0.4 is 15.6 Å². The van der Waals surface area contributed by atoms with Crippen LogP contribution in [0, 0.1) is 18.3 Å². The van der Waals surface area contributed by atoms with Gasteiger partial charge in [-0.2, -0.15) is 28.3 Å². The molecule has 4 rings (SSSR count). The summed E-state index contributed by atoms with van der Waals surface area (Å²) in [4.78, 5) is 31.9. The molecule has 0 saturated heterocycles. The summed E-state index contributed by atoms with van der Waals surface area (Å²) in [6.07, 6.45) is -0.437. The van der Waals surface area contributed by atoms with Gasteiger partial charge in [-0.3, -0.25) is 9.59 Å². The van der Waals surface area contributed by atoms with E-state index >= 15 is 0 Å². The van der Waals surface area contributed by atoms with Crippen molar-refractivity contribution in [3.05, 3.63) is 58.0 Å². The predicted octanol–water partition coefficient (Wildman–Crippen LogP) is 3.48. The first-order valence-electron chi connectivity index (χ1n) is 13.6. The molecule has 0 aliphatic carbocycles. The van der Waals surface area contributed by atoms with Crippen LogP contribution in [0.5, 0.6) is 0 Å². The molecule has 13 nitrogen and oxygen atoms in total. The van der Waals surface area contributed by atoms with E-state index in [1.165, 1.54) is 29.4 Å². The van der Waals surface area contributed by atoms with Crippen LogP contribution in [0.2, 0.25) is 5.02 Å². The summed E-state index contributed by atoms with van der Waals surface area (Å²) in [6, 6.07) is 6.96. The largest absolute Gasteiger partial charge is 0.455 e. The smallest absolute Gasteiger partial charge is 0.396 e. The maximum Gasteiger partial charge on any atom is 0.455 e. The van der Waals surface area contributed by atoms with Crippen LogP contribution in [0.15, 0.2) is 35.6 Å². The summed E-state index contributed by atoms with van der Waals surface area (Å²) in [5.74, 6) is -2.39. The summed E-state index contributed by atoms with van der Waals surface area (Å²) < 4.78 is 38.9. The lowest BCUT2D eigenvalue weighted by molar-refractivity contribution is -0.145. The van der Waals surface area contributed by atoms with Gasteiger partial charge in [-0.15, -0.1) is 10.2 Å². The average molecular weight is 633 g/mol. The van der Waals surface area contributed by atoms with Crippen LogP contribution in [-0.4, -0.2) is 67.0 Å². The lowest BCUT2D eigenvalue weighted by Crippen LogP contribution is -2.40. The Morgan fingerprint density at radius 1 is 1.23 bits per heavy atom. The third kappa shape index (κ3) is 7.85. The number of rotatable bonds is 12. The number of carbonyl (C=O) groups excluding carboxylic acids is 2. The molecule has 1 aromatic carbocycles. The van der Waals surface area contributed by atoms with Gasteiger partial charge in [-0.1, -0.05) is 24.4 Å². The standard InChI is InChI=1S/C27H28ClF3N10O3/c1-16-11-17(14-32)12-19(24(43)34-8-4-2-3-5-10-42)22(16)35-25(44)21-13-18(15-40-38-26(36-39-40)27(29,30)31)37-41(21)23-20(28)7-6-9-33-23/h6-7,9,11-12,21,42H,2-5,8,10,13,15H2,1H3,(H,34,43)(H,35,44). The van der Waals surface area contributed by atoms with E-state index in [0.717, 1.165) is 17.6 Å². The maximum absolute atomic E-state index is 13.8. The number of hydrogen-bond donors (Lipinski definition) is 3. The summed E-state index contributed by atoms with van der Waals surface area (Å²) in [7, 11) is 0. The van der Waals surface area contributed by atoms with Crippen molar-refractivity contribution >= 4 is 40.6 Å². The molecule has 0 fully saturated rings. The van der Waals surface area contributed by atoms with Crippen molar-refractivity contribution in [2.45, 2.75) is 57.8 Å². The second-order valence-corrected chi connectivity index (χ2v) is 10.3. The highest BCUT2D eigenvalue weighted by atomic mass is 35.5. The number of benzene rings is 1. The number of carbonyl (C=O) groups is 2. The first-order valence-corrected chi connectivity index (χ1v) is 14.0. The number of hydrogen-bond acceptors (Lipinski definition) is 10. The van der Waals surface area contributed by atoms with Gasteiger partial charge in [-0.25, -0.2) is 9.99 Å². The van der Waals surface area contributed by atoms with Crippen molar-refractivity contribution < 1.29 is 27.9 Å². The van der Waals surface area contributed by atoms with E-state index in [1.807, 2.05) is 6.07 Å². The Kier molecular flexibility index (Phi) is 10.4. The molecule has 2 amide bonds. The van der Waals surface area contributed by atoms with Crippen LogP contribution in [0.4, 0.5) is 24.7 Å². The van der Waals surface area contributed by atoms with E-state index in [2.05, 4.69) is 36.1 Å². The first kappa shape index (κ1) is 32.3. The Morgan fingerprint density at radius 2 is 2.00 bits per heavy atom. The number of nitrogens with zero attached hydrogens (tertiary/aromatic N) is 8. The number of aromatic nitrogens is 5. The van der Waals surface area contributed by atoms with Crippen molar-refractivity contribution in [3.63, 3.8) is 0 Å². The molecule has 0 radical (unpaired) electrons. The topological polar surface area (TPSA) is 174 Å². The minimum Gasteiger partial charge on any atom is -0.396 e. The van der Waals surface area contributed by atoms with Crippen LogP contribution in [0.1, 0.15) is 59.4 Å². The summed E-state index contributed by atoms with van der Waals surface area (Å²) >= 11 is 6.34. The first-order chi connectivity index (χ1) is 21.0. The van der Waals surface area contributed by atoms with Gasteiger partial charge in [-0.05, 0) is 54.8 Å². The van der Waals surface area contributed by atoms with Gasteiger partial charge in [0.15, 0.2) is 5.82 Å². The molecule has 0 saturated carbocycles. The average Bonchev–Trinajstić information content (AvgIpc) is 3.63. The zero-order valence-corrected chi connectivity index (χ0v) is 24.2. The van der Waals surface area contributed by atoms with E-state index in [9.17, 15) is 28.0 Å². The molecular weight excluding hydrogens is 605 g/mol. The van der Waals surface area contributed by atoms with Gasteiger partial charge >= 0.3 is 6.18 Å². The molecular formula is C27H28ClF3N10O3. The lowest BCUT2D eigenvalue weighted by atomic mass is 10.0. The Bertz CT molecular complexity index is 1590.